The zero-order valence-electron chi connectivity index (χ0n) is 33.7. The number of rotatable bonds is 6. The van der Waals surface area contributed by atoms with E-state index in [-0.39, 0.29) is 36.1 Å². The fraction of sp³-hybridized carbons (Fsp3) is 0.417. The van der Waals surface area contributed by atoms with Crippen LogP contribution in [0.25, 0.3) is 0 Å². The van der Waals surface area contributed by atoms with Crippen LogP contribution < -0.4 is 19.9 Å². The predicted molar refractivity (Wildman–Crippen MR) is 225 cm³/mol. The van der Waals surface area contributed by atoms with Gasteiger partial charge >= 0.3 is 0 Å². The van der Waals surface area contributed by atoms with Crippen LogP contribution in [0.4, 0.5) is 11.4 Å². The number of piperazine rings is 1. The van der Waals surface area contributed by atoms with E-state index in [1.807, 2.05) is 23.1 Å². The van der Waals surface area contributed by atoms with Gasteiger partial charge in [-0.1, -0.05) is 48.5 Å². The highest BCUT2D eigenvalue weighted by atomic mass is 16.5. The smallest absolute Gasteiger partial charge is 0.255 e. The summed E-state index contributed by atoms with van der Waals surface area (Å²) in [5, 5.41) is 12.6. The van der Waals surface area contributed by atoms with E-state index < -0.39 is 11.9 Å². The summed E-state index contributed by atoms with van der Waals surface area (Å²) in [6.45, 7) is 6.90. The standard InChI is InChI=1S/C48H50N6O6/c55-37-11-13-39-31(18-37)8-12-38(29-4-2-1-3-5-29)46(39)30-6-9-35(10-7-30)52-23-33-21-50(22-34(33)24-52)27-45(57)51-16-17-53-36(26-51)28-60-43-20-40-32(19-42(43)53)25-54(48(40)59)41-14-15-44(56)49-47(41)58/h1-7,9-11,13,18-20,33-34,36,38,41,46,55H,8,12,14-17,21-28H2,(H,49,56,58)/t33-,34+,36-,38+,41?,46-/m0/s1. The summed E-state index contributed by atoms with van der Waals surface area (Å²) in [4.78, 5) is 62.2. The van der Waals surface area contributed by atoms with E-state index in [4.69, 9.17) is 4.74 Å². The Morgan fingerprint density at radius 2 is 1.58 bits per heavy atom. The molecule has 0 radical (unpaired) electrons. The highest BCUT2D eigenvalue weighted by molar-refractivity contribution is 6.06. The number of imide groups is 1. The first-order valence-corrected chi connectivity index (χ1v) is 21.7. The summed E-state index contributed by atoms with van der Waals surface area (Å²) in [6.07, 6.45) is 2.55. The summed E-state index contributed by atoms with van der Waals surface area (Å²) in [5.74, 6) is 1.89. The zero-order valence-corrected chi connectivity index (χ0v) is 33.7. The van der Waals surface area contributed by atoms with Crippen molar-refractivity contribution in [3.8, 4) is 11.5 Å². The third-order valence-electron chi connectivity index (χ3n) is 14.5. The van der Waals surface area contributed by atoms with Crippen molar-refractivity contribution in [3.63, 3.8) is 0 Å². The average molecular weight is 807 g/mol. The quantitative estimate of drug-likeness (QED) is 0.271. The Labute approximate surface area is 349 Å². The zero-order chi connectivity index (χ0) is 40.6. The van der Waals surface area contributed by atoms with Crippen LogP contribution in [0.2, 0.25) is 0 Å². The van der Waals surface area contributed by atoms with E-state index in [0.29, 0.717) is 80.6 Å². The van der Waals surface area contributed by atoms with Crippen LogP contribution >= 0.6 is 0 Å². The second-order valence-corrected chi connectivity index (χ2v) is 18.0. The van der Waals surface area contributed by atoms with Gasteiger partial charge in [0.1, 0.15) is 24.1 Å². The van der Waals surface area contributed by atoms with E-state index in [1.165, 1.54) is 27.9 Å². The highest BCUT2D eigenvalue weighted by Gasteiger charge is 2.44. The van der Waals surface area contributed by atoms with Crippen LogP contribution in [0, 0.1) is 11.8 Å². The van der Waals surface area contributed by atoms with Crippen molar-refractivity contribution < 1.29 is 29.0 Å². The lowest BCUT2D eigenvalue weighted by atomic mass is 9.69. The first-order valence-electron chi connectivity index (χ1n) is 21.7. The number of likely N-dealkylation sites (tertiary alicyclic amines) is 1. The van der Waals surface area contributed by atoms with E-state index in [1.54, 1.807) is 11.0 Å². The van der Waals surface area contributed by atoms with Gasteiger partial charge < -0.3 is 29.4 Å². The van der Waals surface area contributed by atoms with Crippen LogP contribution in [-0.4, -0.2) is 114 Å². The molecule has 0 aromatic heterocycles. The molecule has 4 aromatic rings. The van der Waals surface area contributed by atoms with E-state index in [0.717, 1.165) is 50.3 Å². The minimum atomic E-state index is -0.660. The Balaban J connectivity index is 0.700. The lowest BCUT2D eigenvalue weighted by Crippen LogP contribution is -2.59. The molecule has 1 aliphatic carbocycles. The molecule has 4 aromatic carbocycles. The van der Waals surface area contributed by atoms with E-state index in [9.17, 15) is 24.3 Å². The second kappa shape index (κ2) is 14.7. The van der Waals surface area contributed by atoms with Crippen molar-refractivity contribution in [2.24, 2.45) is 11.8 Å². The minimum Gasteiger partial charge on any atom is -0.508 e. The van der Waals surface area contributed by atoms with Gasteiger partial charge in [-0.15, -0.1) is 0 Å². The average Bonchev–Trinajstić information content (AvgIpc) is 3.94. The molecule has 12 nitrogen and oxygen atoms in total. The molecule has 6 atom stereocenters. The number of nitrogens with zero attached hydrogens (tertiary/aromatic N) is 5. The molecule has 308 valence electrons. The molecular weight excluding hydrogens is 757 g/mol. The van der Waals surface area contributed by atoms with Gasteiger partial charge in [-0.05, 0) is 101 Å². The largest absolute Gasteiger partial charge is 0.508 e. The van der Waals surface area contributed by atoms with Crippen LogP contribution in [0.1, 0.15) is 69.3 Å². The van der Waals surface area contributed by atoms with Gasteiger partial charge in [0.15, 0.2) is 0 Å². The molecule has 4 fully saturated rings. The Hall–Kier alpha value is -5.88. The topological polar surface area (TPSA) is 126 Å². The van der Waals surface area contributed by atoms with Gasteiger partial charge in [-0.2, -0.15) is 0 Å². The van der Waals surface area contributed by atoms with Gasteiger partial charge in [-0.3, -0.25) is 29.4 Å². The molecule has 1 unspecified atom stereocenters. The third kappa shape index (κ3) is 6.47. The van der Waals surface area contributed by atoms with Crippen LogP contribution in [-0.2, 0) is 27.3 Å². The second-order valence-electron chi connectivity index (χ2n) is 18.0. The summed E-state index contributed by atoms with van der Waals surface area (Å²) in [7, 11) is 0. The predicted octanol–water partition coefficient (Wildman–Crippen LogP) is 4.49. The van der Waals surface area contributed by atoms with Crippen LogP contribution in [0.15, 0.2) is 84.9 Å². The molecule has 12 heteroatoms. The number of benzene rings is 4. The Morgan fingerprint density at radius 1 is 0.783 bits per heavy atom. The molecule has 4 saturated heterocycles. The van der Waals surface area contributed by atoms with Crippen LogP contribution in [0.3, 0.4) is 0 Å². The van der Waals surface area contributed by atoms with Gasteiger partial charge in [0.25, 0.3) is 5.91 Å². The molecule has 60 heavy (non-hydrogen) atoms. The molecule has 6 aliphatic heterocycles. The number of carbonyl (C=O) groups is 4. The Bertz CT molecular complexity index is 2370. The molecule has 0 spiro atoms. The number of amides is 4. The lowest BCUT2D eigenvalue weighted by Gasteiger charge is -2.46. The summed E-state index contributed by atoms with van der Waals surface area (Å²) >= 11 is 0. The number of phenols is 1. The van der Waals surface area contributed by atoms with Crippen molar-refractivity contribution in [1.29, 1.82) is 0 Å². The SMILES string of the molecule is O=C1CCC(N2Cc3cc4c(cc3C2=O)OC[C@@H]2CN(C(=O)CN3C[C@@H]5CN(c6ccc([C@@H]7c8ccc(O)cc8CC[C@@H]7c7ccccc7)cc6)C[C@@H]5C3)CCN42)C(=O)N1. The van der Waals surface area contributed by atoms with Gasteiger partial charge in [-0.25, -0.2) is 0 Å². The minimum absolute atomic E-state index is 0.0139. The van der Waals surface area contributed by atoms with Gasteiger partial charge in [0, 0.05) is 75.9 Å². The number of aryl methyl sites for hydroxylation is 1. The van der Waals surface area contributed by atoms with Crippen molar-refractivity contribution in [2.45, 2.75) is 56.1 Å². The number of phenolic OH excluding ortho intramolecular Hbond substituents is 1. The fourth-order valence-corrected chi connectivity index (χ4v) is 11.5. The molecule has 0 bridgehead atoms. The third-order valence-corrected chi connectivity index (χ3v) is 14.5. The number of hydrogen-bond acceptors (Lipinski definition) is 9. The van der Waals surface area contributed by atoms with Crippen molar-refractivity contribution in [2.75, 3.05) is 68.8 Å². The molecule has 0 saturated carbocycles. The number of ether oxygens (including phenoxy) is 1. The maximum atomic E-state index is 13.8. The molecule has 2 N–H and O–H groups in total. The number of carbonyl (C=O) groups excluding carboxylic acids is 4. The van der Waals surface area contributed by atoms with Gasteiger partial charge in [0.05, 0.1) is 18.3 Å². The number of anilines is 2. The van der Waals surface area contributed by atoms with Crippen molar-refractivity contribution in [3.05, 3.63) is 118 Å². The van der Waals surface area contributed by atoms with Crippen LogP contribution in [0.5, 0.6) is 11.5 Å². The molecular formula is C48H50N6O6. The summed E-state index contributed by atoms with van der Waals surface area (Å²) < 4.78 is 6.22. The summed E-state index contributed by atoms with van der Waals surface area (Å²) in [5.41, 5.74) is 8.81. The number of piperidine rings is 1. The van der Waals surface area contributed by atoms with E-state index >= 15 is 0 Å². The highest BCUT2D eigenvalue weighted by Crippen LogP contribution is 2.48. The molecule has 6 heterocycles. The normalized spacial score (nSPS) is 27.2. The Morgan fingerprint density at radius 3 is 2.37 bits per heavy atom. The molecule has 11 rings (SSSR count). The summed E-state index contributed by atoms with van der Waals surface area (Å²) in [6, 6.07) is 29.2. The lowest BCUT2D eigenvalue weighted by molar-refractivity contribution is -0.137. The van der Waals surface area contributed by atoms with Gasteiger partial charge in [0.2, 0.25) is 17.7 Å². The first-order chi connectivity index (χ1) is 29.2. The number of hydrogen-bond donors (Lipinski definition) is 2. The number of nitrogens with one attached hydrogen (secondary N) is 1. The molecule has 7 aliphatic rings. The van der Waals surface area contributed by atoms with Crippen molar-refractivity contribution >= 4 is 35.0 Å². The van der Waals surface area contributed by atoms with Crippen molar-refractivity contribution in [1.82, 2.24) is 20.0 Å². The first kappa shape index (κ1) is 37.1. The number of fused-ring (bicyclic) bond motifs is 6. The Kier molecular flexibility index (Phi) is 9.09. The monoisotopic (exact) mass is 806 g/mol. The maximum Gasteiger partial charge on any atom is 0.255 e. The maximum absolute atomic E-state index is 13.8. The fourth-order valence-electron chi connectivity index (χ4n) is 11.5. The van der Waals surface area contributed by atoms with E-state index in [2.05, 4.69) is 80.7 Å². The molecule has 4 amide bonds. The number of aromatic hydroxyl groups is 1.